The number of rotatable bonds is 7. The Kier molecular flexibility index (Phi) is 8.56. The molecular formula is C27H30O15. The molecule has 2 fully saturated rings. The lowest BCUT2D eigenvalue weighted by Gasteiger charge is -2.41. The van der Waals surface area contributed by atoms with Crippen LogP contribution in [0, 0.1) is 0 Å². The highest BCUT2D eigenvalue weighted by molar-refractivity contribution is 5.86. The monoisotopic (exact) mass is 594 g/mol. The molecule has 2 saturated heterocycles. The third kappa shape index (κ3) is 5.74. The Hall–Kier alpha value is -3.51. The molecule has 9 atom stereocenters. The second kappa shape index (κ2) is 12.0. The summed E-state index contributed by atoms with van der Waals surface area (Å²) in [6.07, 6.45) is -14.0. The van der Waals surface area contributed by atoms with E-state index in [1.165, 1.54) is 25.3 Å². The van der Waals surface area contributed by atoms with Gasteiger partial charge in [0.05, 0.1) is 20.3 Å². The highest BCUT2D eigenvalue weighted by atomic mass is 16.7. The fourth-order valence-corrected chi connectivity index (χ4v) is 4.70. The molecule has 5 rings (SSSR count). The molecule has 0 aliphatic carbocycles. The summed E-state index contributed by atoms with van der Waals surface area (Å²) in [4.78, 5) is 12.8. The minimum absolute atomic E-state index is 0.0523. The van der Waals surface area contributed by atoms with Gasteiger partial charge in [0.1, 0.15) is 71.0 Å². The van der Waals surface area contributed by atoms with Crippen LogP contribution in [0.4, 0.5) is 0 Å². The van der Waals surface area contributed by atoms with Crippen LogP contribution >= 0.6 is 0 Å². The molecular weight excluding hydrogens is 564 g/mol. The standard InChI is InChI=1S/C27H30O15/c1-37-16-3-2-10(4-12(16)28)17-7-14(30)20-13(29)5-11(6-18(20)41-17)40-27-25(36)23(34)22(33)19(42-27)9-39-26-24(35)21(32)15(31)8-38-26/h2-7,15,19,21-29,31-36H,8-9H2,1H3/t15-,19+,21-,22+,23-,24+,25+,26-,27+/m1/s1. The van der Waals surface area contributed by atoms with Crippen molar-refractivity contribution >= 4 is 11.0 Å². The van der Waals surface area contributed by atoms with Crippen molar-refractivity contribution in [3.8, 4) is 34.3 Å². The van der Waals surface area contributed by atoms with Crippen LogP contribution in [0.1, 0.15) is 0 Å². The second-order valence-corrected chi connectivity index (χ2v) is 9.89. The molecule has 0 bridgehead atoms. The van der Waals surface area contributed by atoms with E-state index in [9.17, 15) is 45.6 Å². The van der Waals surface area contributed by atoms with Crippen molar-refractivity contribution in [2.45, 2.75) is 55.3 Å². The van der Waals surface area contributed by atoms with E-state index in [0.717, 1.165) is 12.1 Å². The molecule has 15 heteroatoms. The molecule has 2 aliphatic rings. The minimum Gasteiger partial charge on any atom is -0.507 e. The molecule has 8 N–H and O–H groups in total. The van der Waals surface area contributed by atoms with Gasteiger partial charge >= 0.3 is 0 Å². The van der Waals surface area contributed by atoms with Crippen LogP contribution in [0.5, 0.6) is 23.0 Å². The van der Waals surface area contributed by atoms with Gasteiger partial charge in [-0.3, -0.25) is 4.79 Å². The zero-order valence-corrected chi connectivity index (χ0v) is 22.0. The van der Waals surface area contributed by atoms with E-state index >= 15 is 0 Å². The Labute approximate surface area is 236 Å². The molecule has 2 aliphatic heterocycles. The third-order valence-electron chi connectivity index (χ3n) is 7.05. The summed E-state index contributed by atoms with van der Waals surface area (Å²) in [5.41, 5.74) is -0.379. The lowest BCUT2D eigenvalue weighted by Crippen LogP contribution is -2.61. The number of hydrogen-bond donors (Lipinski definition) is 8. The molecule has 15 nitrogen and oxygen atoms in total. The van der Waals surface area contributed by atoms with Gasteiger partial charge < -0.3 is 69.0 Å². The Bertz CT molecular complexity index is 1470. The number of hydrogen-bond acceptors (Lipinski definition) is 15. The van der Waals surface area contributed by atoms with Crippen molar-refractivity contribution in [3.63, 3.8) is 0 Å². The Morgan fingerprint density at radius 2 is 1.60 bits per heavy atom. The van der Waals surface area contributed by atoms with Crippen molar-refractivity contribution in [1.82, 2.24) is 0 Å². The van der Waals surface area contributed by atoms with Gasteiger partial charge in [-0.25, -0.2) is 0 Å². The largest absolute Gasteiger partial charge is 0.507 e. The van der Waals surface area contributed by atoms with E-state index in [4.69, 9.17) is 28.1 Å². The lowest BCUT2D eigenvalue weighted by molar-refractivity contribution is -0.307. The summed E-state index contributed by atoms with van der Waals surface area (Å²) in [6.45, 7) is -0.821. The molecule has 228 valence electrons. The third-order valence-corrected chi connectivity index (χ3v) is 7.05. The van der Waals surface area contributed by atoms with Gasteiger partial charge in [0.25, 0.3) is 0 Å². The number of fused-ring (bicyclic) bond motifs is 1. The molecule has 0 spiro atoms. The van der Waals surface area contributed by atoms with Crippen molar-refractivity contribution < 1.29 is 69.0 Å². The van der Waals surface area contributed by atoms with Crippen LogP contribution in [0.2, 0.25) is 0 Å². The maximum atomic E-state index is 12.8. The van der Waals surface area contributed by atoms with Crippen molar-refractivity contribution in [2.24, 2.45) is 0 Å². The second-order valence-electron chi connectivity index (χ2n) is 9.89. The fraction of sp³-hybridized carbons (Fsp3) is 0.444. The average molecular weight is 595 g/mol. The minimum atomic E-state index is -1.77. The van der Waals surface area contributed by atoms with Crippen LogP contribution in [0.15, 0.2) is 45.6 Å². The Balaban J connectivity index is 1.36. The molecule has 0 radical (unpaired) electrons. The zero-order chi connectivity index (χ0) is 30.3. The van der Waals surface area contributed by atoms with Crippen LogP contribution < -0.4 is 14.9 Å². The number of methoxy groups -OCH3 is 1. The summed E-state index contributed by atoms with van der Waals surface area (Å²) in [7, 11) is 1.38. The normalized spacial score (nSPS) is 31.6. The van der Waals surface area contributed by atoms with Gasteiger partial charge in [0, 0.05) is 23.8 Å². The number of ether oxygens (including phenoxy) is 5. The topological polar surface area (TPSA) is 238 Å². The molecule has 2 aromatic carbocycles. The fourth-order valence-electron chi connectivity index (χ4n) is 4.70. The van der Waals surface area contributed by atoms with E-state index < -0.39 is 73.1 Å². The number of aliphatic hydroxyl groups excluding tert-OH is 6. The number of aliphatic hydroxyl groups is 6. The highest BCUT2D eigenvalue weighted by Gasteiger charge is 2.46. The summed E-state index contributed by atoms with van der Waals surface area (Å²) in [6, 6.07) is 7.78. The average Bonchev–Trinajstić information content (AvgIpc) is 2.96. The molecule has 0 saturated carbocycles. The van der Waals surface area contributed by atoms with E-state index in [1.54, 1.807) is 6.07 Å². The number of phenolic OH excluding ortho intramolecular Hbond substituents is 2. The van der Waals surface area contributed by atoms with Crippen LogP contribution in [-0.4, -0.2) is 116 Å². The molecule has 3 aromatic rings. The SMILES string of the molecule is COc1ccc(-c2cc(=O)c3c(O)cc(O[C@H]4O[C@@H](CO[C@H]5OC[C@@H](O)[C@@H](O)[C@@H]5O)[C@H](O)[C@@H](O)[C@@H]4O)cc3o2)cc1O. The van der Waals surface area contributed by atoms with Crippen molar-refractivity contribution in [3.05, 3.63) is 46.6 Å². The maximum absolute atomic E-state index is 12.8. The van der Waals surface area contributed by atoms with Gasteiger partial charge in [-0.2, -0.15) is 0 Å². The van der Waals surface area contributed by atoms with Gasteiger partial charge in [-0.05, 0) is 18.2 Å². The number of aromatic hydroxyl groups is 2. The maximum Gasteiger partial charge on any atom is 0.229 e. The first-order valence-corrected chi connectivity index (χ1v) is 12.8. The highest BCUT2D eigenvalue weighted by Crippen LogP contribution is 2.35. The molecule has 0 unspecified atom stereocenters. The smallest absolute Gasteiger partial charge is 0.229 e. The van der Waals surface area contributed by atoms with E-state index in [0.29, 0.717) is 5.56 Å². The lowest BCUT2D eigenvalue weighted by atomic mass is 9.99. The van der Waals surface area contributed by atoms with E-state index in [2.05, 4.69) is 0 Å². The van der Waals surface area contributed by atoms with E-state index in [-0.39, 0.29) is 40.6 Å². The number of benzene rings is 2. The predicted molar refractivity (Wildman–Crippen MR) is 139 cm³/mol. The van der Waals surface area contributed by atoms with Gasteiger partial charge in [-0.15, -0.1) is 0 Å². The van der Waals surface area contributed by atoms with Gasteiger partial charge in [0.2, 0.25) is 6.29 Å². The van der Waals surface area contributed by atoms with Crippen LogP contribution in [0.3, 0.4) is 0 Å². The predicted octanol–water partition coefficient (Wildman–Crippen LogP) is -1.48. The van der Waals surface area contributed by atoms with Crippen molar-refractivity contribution in [1.29, 1.82) is 0 Å². The summed E-state index contributed by atoms with van der Waals surface area (Å²) in [5, 5.41) is 81.3. The summed E-state index contributed by atoms with van der Waals surface area (Å²) in [5.74, 6) is -0.602. The summed E-state index contributed by atoms with van der Waals surface area (Å²) >= 11 is 0. The Morgan fingerprint density at radius 1 is 0.857 bits per heavy atom. The first kappa shape index (κ1) is 30.0. The first-order valence-electron chi connectivity index (χ1n) is 12.8. The summed E-state index contributed by atoms with van der Waals surface area (Å²) < 4.78 is 32.6. The van der Waals surface area contributed by atoms with Gasteiger partial charge in [0.15, 0.2) is 23.2 Å². The molecule has 3 heterocycles. The molecule has 0 amide bonds. The molecule has 42 heavy (non-hydrogen) atoms. The first-order chi connectivity index (χ1) is 20.0. The van der Waals surface area contributed by atoms with Gasteiger partial charge in [-0.1, -0.05) is 0 Å². The van der Waals surface area contributed by atoms with Crippen molar-refractivity contribution in [2.75, 3.05) is 20.3 Å². The number of phenols is 2. The zero-order valence-electron chi connectivity index (χ0n) is 22.0. The Morgan fingerprint density at radius 3 is 2.31 bits per heavy atom. The van der Waals surface area contributed by atoms with Crippen LogP contribution in [0.25, 0.3) is 22.3 Å². The quantitative estimate of drug-likeness (QED) is 0.156. The molecule has 1 aromatic heterocycles. The van der Waals surface area contributed by atoms with E-state index in [1.807, 2.05) is 0 Å². The van der Waals surface area contributed by atoms with Crippen LogP contribution in [-0.2, 0) is 14.2 Å².